The van der Waals surface area contributed by atoms with Gasteiger partial charge in [0, 0.05) is 29.1 Å². The standard InChI is InChI=1S/C45H63FN4O4/c1-10-15-17-21-44(8,20-16-11-2)27-54-43-48-40-30(7)37(35-25-32(51)24-31-18-19-36(46)33(13-4)38(31)35)41(47-29(6)12-3)34(14-5)39(40)42(49-43)50-22-23-53-28-45(9,52)26-50/h14,18-19,24-25,29,51-52H,10-13,15-17,20-23,26-28H2,1-9H3/b34-14-,47-41?. The number of aliphatic imine (C=N–C) groups is 1. The molecular formula is C45H63FN4O4. The molecule has 0 bridgehead atoms. The number of hydrogen-bond acceptors (Lipinski definition) is 8. The number of halogens is 1. The molecule has 3 atom stereocenters. The molecule has 8 nitrogen and oxygen atoms in total. The third-order valence-electron chi connectivity index (χ3n) is 11.2. The molecule has 54 heavy (non-hydrogen) atoms. The van der Waals surface area contributed by atoms with Crippen LogP contribution in [0.5, 0.6) is 11.8 Å². The van der Waals surface area contributed by atoms with Gasteiger partial charge in [0.2, 0.25) is 0 Å². The molecule has 2 heterocycles. The summed E-state index contributed by atoms with van der Waals surface area (Å²) in [6, 6.07) is 6.90. The number of aryl methyl sites for hydroxylation is 1. The van der Waals surface area contributed by atoms with Gasteiger partial charge in [-0.15, -0.1) is 0 Å². The number of unbranched alkanes of at least 4 members (excludes halogenated alkanes) is 3. The number of aliphatic hydroxyl groups is 1. The topological polar surface area (TPSA) is 100 Å². The molecule has 9 heteroatoms. The molecule has 5 rings (SSSR count). The van der Waals surface area contributed by atoms with Crippen molar-refractivity contribution in [2.75, 3.05) is 37.8 Å². The Hall–Kier alpha value is -3.82. The fraction of sp³-hybridized carbons (Fsp3) is 0.578. The second-order valence-electron chi connectivity index (χ2n) is 16.1. The number of anilines is 1. The van der Waals surface area contributed by atoms with Gasteiger partial charge in [-0.05, 0) is 99.0 Å². The lowest BCUT2D eigenvalue weighted by Crippen LogP contribution is -2.42. The van der Waals surface area contributed by atoms with Crippen LogP contribution in [0.15, 0.2) is 35.3 Å². The van der Waals surface area contributed by atoms with E-state index in [9.17, 15) is 10.2 Å². The summed E-state index contributed by atoms with van der Waals surface area (Å²) >= 11 is 0. The summed E-state index contributed by atoms with van der Waals surface area (Å²) in [6.45, 7) is 20.7. The summed E-state index contributed by atoms with van der Waals surface area (Å²) in [6.07, 6.45) is 11.2. The van der Waals surface area contributed by atoms with E-state index < -0.39 is 5.60 Å². The molecule has 2 N–H and O–H groups in total. The lowest BCUT2D eigenvalue weighted by molar-refractivity contribution is -0.0123. The first-order valence-corrected chi connectivity index (χ1v) is 20.3. The van der Waals surface area contributed by atoms with Crippen LogP contribution in [0, 0.1) is 11.2 Å². The summed E-state index contributed by atoms with van der Waals surface area (Å²) in [4.78, 5) is 17.8. The predicted molar refractivity (Wildman–Crippen MR) is 221 cm³/mol. The highest BCUT2D eigenvalue weighted by Crippen LogP contribution is 2.47. The number of hydrogen-bond donors (Lipinski definition) is 2. The van der Waals surface area contributed by atoms with Gasteiger partial charge < -0.3 is 24.6 Å². The molecule has 2 aliphatic rings. The van der Waals surface area contributed by atoms with Gasteiger partial charge in [-0.3, -0.25) is 4.99 Å². The molecule has 0 amide bonds. The molecule has 1 saturated heterocycles. The molecule has 3 unspecified atom stereocenters. The first kappa shape index (κ1) is 41.3. The monoisotopic (exact) mass is 742 g/mol. The lowest BCUT2D eigenvalue weighted by atomic mass is 9.78. The van der Waals surface area contributed by atoms with Gasteiger partial charge in [-0.25, -0.2) is 4.39 Å². The number of aromatic hydroxyl groups is 1. The van der Waals surface area contributed by atoms with Crippen LogP contribution in [0.3, 0.4) is 0 Å². The molecular weight excluding hydrogens is 680 g/mol. The van der Waals surface area contributed by atoms with Crippen molar-refractivity contribution in [3.05, 3.63) is 58.5 Å². The number of benzene rings is 2. The molecule has 1 aliphatic carbocycles. The van der Waals surface area contributed by atoms with Crippen LogP contribution in [0.2, 0.25) is 0 Å². The minimum atomic E-state index is -1.11. The van der Waals surface area contributed by atoms with Crippen molar-refractivity contribution in [3.8, 4) is 11.8 Å². The van der Waals surface area contributed by atoms with E-state index in [0.29, 0.717) is 55.4 Å². The van der Waals surface area contributed by atoms with Crippen LogP contribution in [-0.2, 0) is 11.2 Å². The average molecular weight is 743 g/mol. The van der Waals surface area contributed by atoms with Gasteiger partial charge in [0.25, 0.3) is 0 Å². The molecule has 3 aromatic rings. The molecule has 0 spiro atoms. The van der Waals surface area contributed by atoms with Crippen LogP contribution in [0.25, 0.3) is 27.5 Å². The van der Waals surface area contributed by atoms with E-state index in [4.69, 9.17) is 24.4 Å². The molecule has 1 aromatic heterocycles. The first-order chi connectivity index (χ1) is 25.8. The zero-order valence-electron chi connectivity index (χ0n) is 34.2. The fourth-order valence-corrected chi connectivity index (χ4v) is 7.99. The molecule has 1 fully saturated rings. The van der Waals surface area contributed by atoms with Gasteiger partial charge in [-0.2, -0.15) is 9.97 Å². The van der Waals surface area contributed by atoms with Crippen molar-refractivity contribution >= 4 is 39.0 Å². The van der Waals surface area contributed by atoms with Crippen molar-refractivity contribution in [1.29, 1.82) is 0 Å². The van der Waals surface area contributed by atoms with Crippen LogP contribution < -0.4 is 9.64 Å². The summed E-state index contributed by atoms with van der Waals surface area (Å²) in [5.74, 6) is 0.473. The number of ether oxygens (including phenoxy) is 2. The van der Waals surface area contributed by atoms with E-state index in [1.807, 2.05) is 26.8 Å². The second kappa shape index (κ2) is 17.8. The van der Waals surface area contributed by atoms with Crippen molar-refractivity contribution in [2.24, 2.45) is 10.4 Å². The van der Waals surface area contributed by atoms with E-state index in [2.05, 4.69) is 39.5 Å². The SMILES string of the molecule is C/C=C1\C(=NC(C)CC)C(c2cc(O)cc3ccc(F)c(CC)c23)=C(C)c2nc(OCC(C)(CCCC)CCCCC)nc(N3CCOCC(C)(O)C3)c21. The van der Waals surface area contributed by atoms with Gasteiger partial charge in [0.15, 0.2) is 0 Å². The Labute approximate surface area is 322 Å². The highest BCUT2D eigenvalue weighted by molar-refractivity contribution is 6.51. The summed E-state index contributed by atoms with van der Waals surface area (Å²) in [5, 5.41) is 24.0. The van der Waals surface area contributed by atoms with Crippen LogP contribution in [0.4, 0.5) is 10.2 Å². The van der Waals surface area contributed by atoms with Crippen molar-refractivity contribution < 1.29 is 24.1 Å². The maximum absolute atomic E-state index is 15.6. The maximum atomic E-state index is 15.6. The third-order valence-corrected chi connectivity index (χ3v) is 11.2. The van der Waals surface area contributed by atoms with Gasteiger partial charge >= 0.3 is 6.01 Å². The maximum Gasteiger partial charge on any atom is 0.318 e. The number of phenolic OH excluding ortho intramolecular Hbond substituents is 1. The number of nitrogens with zero attached hydrogens (tertiary/aromatic N) is 4. The molecule has 2 aromatic carbocycles. The minimum absolute atomic E-state index is 0.0296. The predicted octanol–water partition coefficient (Wildman–Crippen LogP) is 10.4. The molecule has 294 valence electrons. The normalized spacial score (nSPS) is 21.1. The van der Waals surface area contributed by atoms with Crippen molar-refractivity contribution in [3.63, 3.8) is 0 Å². The number of phenols is 1. The Bertz CT molecular complexity index is 1900. The van der Waals surface area contributed by atoms with Crippen molar-refractivity contribution in [1.82, 2.24) is 9.97 Å². The Morgan fingerprint density at radius 3 is 2.54 bits per heavy atom. The van der Waals surface area contributed by atoms with Crippen LogP contribution in [0.1, 0.15) is 136 Å². The highest BCUT2D eigenvalue weighted by atomic mass is 19.1. The van der Waals surface area contributed by atoms with Crippen LogP contribution in [-0.4, -0.2) is 70.4 Å². The van der Waals surface area contributed by atoms with Gasteiger partial charge in [0.05, 0.1) is 43.3 Å². The Balaban J connectivity index is 1.82. The van der Waals surface area contributed by atoms with E-state index >= 15 is 4.39 Å². The Morgan fingerprint density at radius 1 is 1.11 bits per heavy atom. The van der Waals surface area contributed by atoms with E-state index in [-0.39, 0.29) is 35.6 Å². The fourth-order valence-electron chi connectivity index (χ4n) is 7.99. The van der Waals surface area contributed by atoms with E-state index in [1.54, 1.807) is 25.1 Å². The second-order valence-corrected chi connectivity index (χ2v) is 16.1. The smallest absolute Gasteiger partial charge is 0.318 e. The van der Waals surface area contributed by atoms with E-state index in [0.717, 1.165) is 83.7 Å². The Kier molecular flexibility index (Phi) is 13.6. The number of fused-ring (bicyclic) bond motifs is 2. The summed E-state index contributed by atoms with van der Waals surface area (Å²) in [7, 11) is 0. The lowest BCUT2D eigenvalue weighted by Gasteiger charge is -2.34. The van der Waals surface area contributed by atoms with Gasteiger partial charge in [-0.1, -0.05) is 78.9 Å². The largest absolute Gasteiger partial charge is 0.508 e. The third kappa shape index (κ3) is 9.00. The number of allylic oxidation sites excluding steroid dienone is 4. The summed E-state index contributed by atoms with van der Waals surface area (Å²) < 4.78 is 28.1. The zero-order valence-corrected chi connectivity index (χ0v) is 34.2. The number of aromatic nitrogens is 2. The minimum Gasteiger partial charge on any atom is -0.508 e. The zero-order chi connectivity index (χ0) is 39.2. The first-order valence-electron chi connectivity index (χ1n) is 20.3. The molecule has 0 radical (unpaired) electrons. The number of β-amino-alcohol motifs (C(OH)–C–C–N with tert-alkyl or cyclic N) is 1. The molecule has 0 saturated carbocycles. The number of rotatable bonds is 15. The highest BCUT2D eigenvalue weighted by Gasteiger charge is 2.37. The van der Waals surface area contributed by atoms with Gasteiger partial charge in [0.1, 0.15) is 23.0 Å². The summed E-state index contributed by atoms with van der Waals surface area (Å²) in [5.41, 5.74) is 4.88. The Morgan fingerprint density at radius 2 is 1.85 bits per heavy atom. The quantitative estimate of drug-likeness (QED) is 0.150. The average Bonchev–Trinajstić information content (AvgIpc) is 3.33. The van der Waals surface area contributed by atoms with Crippen LogP contribution >= 0.6 is 0 Å². The van der Waals surface area contributed by atoms with Crippen molar-refractivity contribution in [2.45, 2.75) is 132 Å². The van der Waals surface area contributed by atoms with E-state index in [1.165, 1.54) is 12.5 Å². The molecule has 1 aliphatic heterocycles.